The highest BCUT2D eigenvalue weighted by atomic mass is 32.2. The zero-order valence-electron chi connectivity index (χ0n) is 12.7. The highest BCUT2D eigenvalue weighted by molar-refractivity contribution is 7.90. The second-order valence-corrected chi connectivity index (χ2v) is 7.12. The largest absolute Gasteiger partial charge is 0.477 e. The summed E-state index contributed by atoms with van der Waals surface area (Å²) in [6.45, 7) is 0. The topological polar surface area (TPSA) is 76.4 Å². The van der Waals surface area contributed by atoms with E-state index in [9.17, 15) is 35.9 Å². The average molecular weight is 387 g/mol. The van der Waals surface area contributed by atoms with Gasteiger partial charge in [0.1, 0.15) is 11.5 Å². The van der Waals surface area contributed by atoms with Gasteiger partial charge in [0, 0.05) is 5.39 Å². The maximum atomic E-state index is 13.3. The first kappa shape index (κ1) is 17.9. The molecule has 5 nitrogen and oxygen atoms in total. The molecule has 1 heterocycles. The molecule has 0 radical (unpaired) electrons. The van der Waals surface area contributed by atoms with Crippen molar-refractivity contribution >= 4 is 26.9 Å². The number of aromatic nitrogens is 1. The number of rotatable bonds is 3. The fourth-order valence-electron chi connectivity index (χ4n) is 2.49. The molecule has 0 atom stereocenters. The molecule has 0 aliphatic rings. The van der Waals surface area contributed by atoms with Gasteiger partial charge in [-0.25, -0.2) is 21.6 Å². The second-order valence-electron chi connectivity index (χ2n) is 5.33. The maximum Gasteiger partial charge on any atom is 0.416 e. The number of benzene rings is 2. The second kappa shape index (κ2) is 5.84. The Morgan fingerprint density at radius 3 is 2.15 bits per heavy atom. The van der Waals surface area contributed by atoms with Gasteiger partial charge >= 0.3 is 12.1 Å². The van der Waals surface area contributed by atoms with Gasteiger partial charge in [-0.15, -0.1) is 0 Å². The van der Waals surface area contributed by atoms with Gasteiger partial charge < -0.3 is 5.11 Å². The molecule has 136 valence electrons. The van der Waals surface area contributed by atoms with Crippen molar-refractivity contribution in [2.75, 3.05) is 0 Å². The minimum atomic E-state index is -4.65. The highest BCUT2D eigenvalue weighted by Gasteiger charge is 2.32. The summed E-state index contributed by atoms with van der Waals surface area (Å²) in [6, 6.07) is 6.60. The van der Waals surface area contributed by atoms with E-state index in [-0.39, 0.29) is 10.9 Å². The lowest BCUT2D eigenvalue weighted by Crippen LogP contribution is -2.18. The van der Waals surface area contributed by atoms with Gasteiger partial charge in [-0.05, 0) is 48.5 Å². The van der Waals surface area contributed by atoms with Crippen molar-refractivity contribution in [1.29, 1.82) is 0 Å². The van der Waals surface area contributed by atoms with Crippen molar-refractivity contribution in [1.82, 2.24) is 3.97 Å². The van der Waals surface area contributed by atoms with Crippen LogP contribution in [-0.2, 0) is 16.2 Å². The van der Waals surface area contributed by atoms with Crippen molar-refractivity contribution < 1.29 is 35.9 Å². The van der Waals surface area contributed by atoms with E-state index in [4.69, 9.17) is 0 Å². The van der Waals surface area contributed by atoms with Crippen LogP contribution in [0.1, 0.15) is 16.1 Å². The normalized spacial score (nSPS) is 12.5. The monoisotopic (exact) mass is 387 g/mol. The summed E-state index contributed by atoms with van der Waals surface area (Å²) in [5.74, 6) is -2.28. The van der Waals surface area contributed by atoms with Crippen LogP contribution >= 0.6 is 0 Å². The molecular formula is C16H9F4NO4S. The first-order chi connectivity index (χ1) is 12.0. The van der Waals surface area contributed by atoms with Crippen molar-refractivity contribution in [3.05, 3.63) is 65.6 Å². The van der Waals surface area contributed by atoms with Gasteiger partial charge in [0.25, 0.3) is 10.0 Å². The Labute approximate surface area is 144 Å². The minimum Gasteiger partial charge on any atom is -0.477 e. The first-order valence-corrected chi connectivity index (χ1v) is 8.43. The number of hydrogen-bond donors (Lipinski definition) is 1. The number of halogens is 4. The zero-order valence-corrected chi connectivity index (χ0v) is 13.5. The molecule has 0 amide bonds. The average Bonchev–Trinajstić information content (AvgIpc) is 2.93. The van der Waals surface area contributed by atoms with Gasteiger partial charge in [-0.3, -0.25) is 0 Å². The smallest absolute Gasteiger partial charge is 0.416 e. The third kappa shape index (κ3) is 2.92. The Hall–Kier alpha value is -2.88. The van der Waals surface area contributed by atoms with Gasteiger partial charge in [0.05, 0.1) is 16.0 Å². The number of hydrogen-bond acceptors (Lipinski definition) is 3. The van der Waals surface area contributed by atoms with Crippen LogP contribution < -0.4 is 0 Å². The summed E-state index contributed by atoms with van der Waals surface area (Å²) in [7, 11) is -4.53. The number of aromatic carboxylic acids is 1. The van der Waals surface area contributed by atoms with E-state index in [1.165, 1.54) is 0 Å². The van der Waals surface area contributed by atoms with Crippen LogP contribution in [0.5, 0.6) is 0 Å². The molecule has 2 aromatic carbocycles. The highest BCUT2D eigenvalue weighted by Crippen LogP contribution is 2.31. The van der Waals surface area contributed by atoms with E-state index in [2.05, 4.69) is 0 Å². The quantitative estimate of drug-likeness (QED) is 0.695. The Balaban J connectivity index is 2.24. The van der Waals surface area contributed by atoms with Crippen LogP contribution in [0.15, 0.2) is 53.4 Å². The van der Waals surface area contributed by atoms with Crippen molar-refractivity contribution in [2.24, 2.45) is 0 Å². The molecule has 3 rings (SSSR count). The van der Waals surface area contributed by atoms with Gasteiger partial charge in [-0.2, -0.15) is 13.2 Å². The fourth-order valence-corrected chi connectivity index (χ4v) is 4.00. The fraction of sp³-hybridized carbons (Fsp3) is 0.0625. The van der Waals surface area contributed by atoms with Crippen LogP contribution in [0.3, 0.4) is 0 Å². The molecule has 3 aromatic rings. The lowest BCUT2D eigenvalue weighted by atomic mass is 10.2. The third-order valence-electron chi connectivity index (χ3n) is 3.66. The molecule has 0 unspecified atom stereocenters. The molecule has 1 aromatic heterocycles. The Morgan fingerprint density at radius 2 is 1.62 bits per heavy atom. The van der Waals surface area contributed by atoms with Crippen LogP contribution in [0.4, 0.5) is 17.6 Å². The molecule has 0 spiro atoms. The predicted octanol–water partition coefficient (Wildman–Crippen LogP) is 3.73. The minimum absolute atomic E-state index is 0.0258. The standard InChI is InChI=1S/C16H9F4NO4S/c17-11-3-6-13-9(7-11)8-14(15(22)23)21(13)26(24,25)12-4-1-10(2-5-12)16(18,19)20/h1-8H,(H,22,23). The molecular weight excluding hydrogens is 378 g/mol. The summed E-state index contributed by atoms with van der Waals surface area (Å²) in [5.41, 5.74) is -1.82. The number of nitrogens with zero attached hydrogens (tertiary/aromatic N) is 1. The van der Waals surface area contributed by atoms with E-state index >= 15 is 0 Å². The van der Waals surface area contributed by atoms with E-state index in [0.717, 1.165) is 36.4 Å². The van der Waals surface area contributed by atoms with Crippen LogP contribution in [0.2, 0.25) is 0 Å². The van der Waals surface area contributed by atoms with E-state index in [1.54, 1.807) is 0 Å². The summed E-state index contributed by atoms with van der Waals surface area (Å²) in [5, 5.41) is 9.30. The number of fused-ring (bicyclic) bond motifs is 1. The Kier molecular flexibility index (Phi) is 4.02. The SMILES string of the molecule is O=C(O)c1cc2cc(F)ccc2n1S(=O)(=O)c1ccc(C(F)(F)F)cc1. The lowest BCUT2D eigenvalue weighted by molar-refractivity contribution is -0.137. The van der Waals surface area contributed by atoms with Crippen molar-refractivity contribution in [2.45, 2.75) is 11.1 Å². The summed E-state index contributed by atoms with van der Waals surface area (Å²) < 4.78 is 77.3. The predicted molar refractivity (Wildman–Crippen MR) is 82.9 cm³/mol. The molecule has 26 heavy (non-hydrogen) atoms. The van der Waals surface area contributed by atoms with Crippen LogP contribution in [-0.4, -0.2) is 23.5 Å². The maximum absolute atomic E-state index is 13.3. The third-order valence-corrected chi connectivity index (χ3v) is 5.40. The molecule has 10 heteroatoms. The number of alkyl halides is 3. The molecule has 0 fully saturated rings. The van der Waals surface area contributed by atoms with Gasteiger partial charge in [-0.1, -0.05) is 0 Å². The molecule has 0 aliphatic heterocycles. The van der Waals surface area contributed by atoms with Crippen molar-refractivity contribution in [3.8, 4) is 0 Å². The Morgan fingerprint density at radius 1 is 1.00 bits per heavy atom. The van der Waals surface area contributed by atoms with Crippen molar-refractivity contribution in [3.63, 3.8) is 0 Å². The zero-order chi connectivity index (χ0) is 19.3. The lowest BCUT2D eigenvalue weighted by Gasteiger charge is -2.11. The summed E-state index contributed by atoms with van der Waals surface area (Å²) in [6.07, 6.45) is -4.65. The van der Waals surface area contributed by atoms with E-state index < -0.39 is 44.1 Å². The summed E-state index contributed by atoms with van der Waals surface area (Å²) in [4.78, 5) is 10.9. The molecule has 0 saturated carbocycles. The first-order valence-electron chi connectivity index (χ1n) is 6.99. The van der Waals surface area contributed by atoms with Crippen LogP contribution in [0.25, 0.3) is 10.9 Å². The molecule has 1 N–H and O–H groups in total. The molecule has 0 saturated heterocycles. The number of carboxylic acid groups (broad SMARTS) is 1. The van der Waals surface area contributed by atoms with E-state index in [0.29, 0.717) is 16.1 Å². The van der Waals surface area contributed by atoms with E-state index in [1.807, 2.05) is 0 Å². The van der Waals surface area contributed by atoms with Gasteiger partial charge in [0.2, 0.25) is 0 Å². The molecule has 0 bridgehead atoms. The number of carbonyl (C=O) groups is 1. The van der Waals surface area contributed by atoms with Gasteiger partial charge in [0.15, 0.2) is 0 Å². The summed E-state index contributed by atoms with van der Waals surface area (Å²) >= 11 is 0. The number of carboxylic acids is 1. The van der Waals surface area contributed by atoms with Crippen LogP contribution in [0, 0.1) is 5.82 Å². The molecule has 0 aliphatic carbocycles. The Bertz CT molecular complexity index is 1120.